The monoisotopic (exact) mass is 309 g/mol. The summed E-state index contributed by atoms with van der Waals surface area (Å²) in [5.41, 5.74) is 0.426. The maximum absolute atomic E-state index is 12.1. The van der Waals surface area contributed by atoms with Crippen LogP contribution in [-0.4, -0.2) is 24.2 Å². The SMILES string of the molecule is O=C(c1ccsc1)n1[se]c2ccccc2c1=O. The molecule has 0 saturated heterocycles. The number of aromatic nitrogens is 1. The van der Waals surface area contributed by atoms with Crippen molar-refractivity contribution < 1.29 is 4.79 Å². The van der Waals surface area contributed by atoms with Crippen LogP contribution in [0.5, 0.6) is 0 Å². The quantitative estimate of drug-likeness (QED) is 0.643. The van der Waals surface area contributed by atoms with E-state index < -0.39 is 0 Å². The van der Waals surface area contributed by atoms with Crippen molar-refractivity contribution in [3.8, 4) is 0 Å². The average molecular weight is 308 g/mol. The third kappa shape index (κ3) is 1.72. The van der Waals surface area contributed by atoms with E-state index in [4.69, 9.17) is 0 Å². The summed E-state index contributed by atoms with van der Waals surface area (Å²) < 4.78 is 2.34. The molecule has 2 heterocycles. The summed E-state index contributed by atoms with van der Waals surface area (Å²) in [5, 5.41) is 4.28. The van der Waals surface area contributed by atoms with Gasteiger partial charge in [0.05, 0.1) is 0 Å². The van der Waals surface area contributed by atoms with Gasteiger partial charge in [0.2, 0.25) is 0 Å². The van der Waals surface area contributed by atoms with Crippen LogP contribution in [0, 0.1) is 0 Å². The molecule has 0 radical (unpaired) electrons. The van der Waals surface area contributed by atoms with Crippen LogP contribution < -0.4 is 5.56 Å². The summed E-state index contributed by atoms with van der Waals surface area (Å²) in [6.07, 6.45) is 0. The summed E-state index contributed by atoms with van der Waals surface area (Å²) in [6, 6.07) is 9.16. The Balaban J connectivity index is 2.22. The van der Waals surface area contributed by atoms with Crippen LogP contribution in [0.3, 0.4) is 0 Å². The summed E-state index contributed by atoms with van der Waals surface area (Å²) in [7, 11) is 0. The second-order valence-electron chi connectivity index (χ2n) is 3.50. The standard InChI is InChI=1S/C12H7NO2SSe/c14-11(8-5-6-16-7-8)13-12(15)9-3-1-2-4-10(9)17-13/h1-7H. The molecule has 0 N–H and O–H groups in total. The fourth-order valence-electron chi connectivity index (χ4n) is 1.61. The molecule has 84 valence electrons. The summed E-state index contributed by atoms with van der Waals surface area (Å²) in [6.45, 7) is 0. The third-order valence-electron chi connectivity index (χ3n) is 2.44. The second-order valence-corrected chi connectivity index (χ2v) is 6.36. The first kappa shape index (κ1) is 10.7. The van der Waals surface area contributed by atoms with E-state index in [-0.39, 0.29) is 26.2 Å². The Hall–Kier alpha value is -1.42. The van der Waals surface area contributed by atoms with Gasteiger partial charge >= 0.3 is 107 Å². The molecule has 0 amide bonds. The van der Waals surface area contributed by atoms with Gasteiger partial charge in [-0.25, -0.2) is 0 Å². The molecule has 0 aliphatic rings. The molecule has 0 aliphatic carbocycles. The summed E-state index contributed by atoms with van der Waals surface area (Å²) in [5.74, 6) is -0.188. The zero-order valence-electron chi connectivity index (χ0n) is 8.62. The first-order valence-electron chi connectivity index (χ1n) is 4.95. The van der Waals surface area contributed by atoms with Crippen molar-refractivity contribution in [1.29, 1.82) is 0 Å². The molecule has 0 fully saturated rings. The second kappa shape index (κ2) is 4.11. The van der Waals surface area contributed by atoms with Crippen molar-refractivity contribution >= 4 is 41.6 Å². The average Bonchev–Trinajstić information content (AvgIpc) is 2.97. The summed E-state index contributed by atoms with van der Waals surface area (Å²) >= 11 is 1.23. The number of hydrogen-bond donors (Lipinski definition) is 0. The molecule has 0 spiro atoms. The van der Waals surface area contributed by atoms with E-state index in [1.54, 1.807) is 17.5 Å². The minimum atomic E-state index is -0.229. The molecular formula is C12H7NO2SSe. The van der Waals surface area contributed by atoms with Crippen molar-refractivity contribution in [1.82, 2.24) is 3.56 Å². The van der Waals surface area contributed by atoms with Gasteiger partial charge < -0.3 is 0 Å². The number of fused-ring (bicyclic) bond motifs is 1. The molecule has 1 aromatic carbocycles. The van der Waals surface area contributed by atoms with Crippen molar-refractivity contribution in [2.24, 2.45) is 0 Å². The Morgan fingerprint density at radius 1 is 1.24 bits per heavy atom. The van der Waals surface area contributed by atoms with Crippen molar-refractivity contribution in [3.05, 3.63) is 57.0 Å². The number of carbonyl (C=O) groups is 1. The van der Waals surface area contributed by atoms with E-state index >= 15 is 0 Å². The Labute approximate surface area is 107 Å². The van der Waals surface area contributed by atoms with E-state index in [0.717, 1.165) is 4.26 Å². The number of carbonyl (C=O) groups excluding carboxylic acids is 1. The fraction of sp³-hybridized carbons (Fsp3) is 0. The van der Waals surface area contributed by atoms with Crippen LogP contribution in [0.4, 0.5) is 0 Å². The molecule has 3 rings (SSSR count). The molecule has 0 unspecified atom stereocenters. The molecule has 5 heteroatoms. The van der Waals surface area contributed by atoms with Gasteiger partial charge in [-0.2, -0.15) is 0 Å². The normalized spacial score (nSPS) is 10.8. The maximum atomic E-state index is 12.1. The Morgan fingerprint density at radius 3 is 2.76 bits per heavy atom. The van der Waals surface area contributed by atoms with E-state index in [9.17, 15) is 9.59 Å². The van der Waals surface area contributed by atoms with Crippen LogP contribution >= 0.6 is 11.3 Å². The van der Waals surface area contributed by atoms with Gasteiger partial charge in [0.1, 0.15) is 0 Å². The van der Waals surface area contributed by atoms with Crippen LogP contribution in [0.25, 0.3) is 9.65 Å². The van der Waals surface area contributed by atoms with E-state index in [0.29, 0.717) is 10.9 Å². The fourth-order valence-corrected chi connectivity index (χ4v) is 4.25. The van der Waals surface area contributed by atoms with Crippen LogP contribution in [0.15, 0.2) is 45.9 Å². The number of rotatable bonds is 1. The van der Waals surface area contributed by atoms with E-state index in [2.05, 4.69) is 0 Å². The predicted molar refractivity (Wildman–Crippen MR) is 69.2 cm³/mol. The van der Waals surface area contributed by atoms with Crippen LogP contribution in [-0.2, 0) is 0 Å². The van der Waals surface area contributed by atoms with Crippen molar-refractivity contribution in [2.75, 3.05) is 0 Å². The molecule has 3 aromatic rings. The molecule has 0 aliphatic heterocycles. The van der Waals surface area contributed by atoms with Gasteiger partial charge in [0.25, 0.3) is 0 Å². The number of thiophene rings is 1. The van der Waals surface area contributed by atoms with Gasteiger partial charge in [-0.1, -0.05) is 0 Å². The first-order chi connectivity index (χ1) is 8.27. The molecule has 17 heavy (non-hydrogen) atoms. The van der Waals surface area contributed by atoms with Gasteiger partial charge in [-0.3, -0.25) is 0 Å². The Morgan fingerprint density at radius 2 is 2.06 bits per heavy atom. The topological polar surface area (TPSA) is 39.1 Å². The van der Waals surface area contributed by atoms with Crippen molar-refractivity contribution in [3.63, 3.8) is 0 Å². The van der Waals surface area contributed by atoms with Crippen LogP contribution in [0.1, 0.15) is 10.4 Å². The Kier molecular flexibility index (Phi) is 2.59. The molecule has 3 nitrogen and oxygen atoms in total. The van der Waals surface area contributed by atoms with Crippen molar-refractivity contribution in [2.45, 2.75) is 0 Å². The van der Waals surface area contributed by atoms with Crippen LogP contribution in [0.2, 0.25) is 0 Å². The first-order valence-corrected chi connectivity index (χ1v) is 7.52. The molecule has 0 saturated carbocycles. The molecule has 0 bridgehead atoms. The van der Waals surface area contributed by atoms with E-state index in [1.807, 2.05) is 23.6 Å². The summed E-state index contributed by atoms with van der Waals surface area (Å²) in [4.78, 5) is 24.2. The van der Waals surface area contributed by atoms with Gasteiger partial charge in [0, 0.05) is 0 Å². The zero-order valence-corrected chi connectivity index (χ0v) is 11.2. The van der Waals surface area contributed by atoms with Gasteiger partial charge in [-0.15, -0.1) is 0 Å². The molecule has 0 atom stereocenters. The molecule has 2 aromatic heterocycles. The number of nitrogens with zero attached hydrogens (tertiary/aromatic N) is 1. The predicted octanol–water partition coefficient (Wildman–Crippen LogP) is 1.81. The number of hydrogen-bond acceptors (Lipinski definition) is 3. The van der Waals surface area contributed by atoms with E-state index in [1.165, 1.54) is 14.9 Å². The van der Waals surface area contributed by atoms with Gasteiger partial charge in [-0.05, 0) is 0 Å². The Bertz CT molecular complexity index is 739. The zero-order chi connectivity index (χ0) is 11.8. The third-order valence-corrected chi connectivity index (χ3v) is 5.37. The minimum absolute atomic E-state index is 0.170. The molecular weight excluding hydrogens is 301 g/mol. The number of benzene rings is 1. The van der Waals surface area contributed by atoms with Gasteiger partial charge in [0.15, 0.2) is 0 Å².